The molecule has 0 aromatic heterocycles. The SMILES string of the molecule is CCNC(=NCc1cccc(COCCOCC)c1)NCCc1ccc(OC)c(OC)c1.I. The lowest BCUT2D eigenvalue weighted by molar-refractivity contribution is 0.0453. The van der Waals surface area contributed by atoms with Crippen LogP contribution in [0.4, 0.5) is 0 Å². The molecule has 184 valence electrons. The smallest absolute Gasteiger partial charge is 0.191 e. The molecule has 0 saturated carbocycles. The highest BCUT2D eigenvalue weighted by Crippen LogP contribution is 2.27. The van der Waals surface area contributed by atoms with Gasteiger partial charge in [-0.25, -0.2) is 4.99 Å². The standard InChI is InChI=1S/C25H37N3O4.HI/c1-5-26-25(27-13-12-20-10-11-23(29-3)24(17-20)30-4)28-18-21-8-7-9-22(16-21)19-32-15-14-31-6-2;/h7-11,16-17H,5-6,12-15,18-19H2,1-4H3,(H2,26,27,28);1H. The van der Waals surface area contributed by atoms with Gasteiger partial charge >= 0.3 is 0 Å². The van der Waals surface area contributed by atoms with Crippen LogP contribution in [-0.4, -0.2) is 53.1 Å². The molecular weight excluding hydrogens is 533 g/mol. The molecule has 2 rings (SSSR count). The van der Waals surface area contributed by atoms with Gasteiger partial charge in [0.1, 0.15) is 0 Å². The van der Waals surface area contributed by atoms with E-state index in [1.165, 1.54) is 5.56 Å². The predicted molar refractivity (Wildman–Crippen MR) is 144 cm³/mol. The van der Waals surface area contributed by atoms with Crippen molar-refractivity contribution in [2.75, 3.05) is 47.1 Å². The molecular formula is C25H38IN3O4. The zero-order chi connectivity index (χ0) is 23.0. The highest BCUT2D eigenvalue weighted by atomic mass is 127. The zero-order valence-electron chi connectivity index (χ0n) is 20.2. The number of aliphatic imine (C=N–C) groups is 1. The van der Waals surface area contributed by atoms with Crippen molar-refractivity contribution in [3.05, 3.63) is 59.2 Å². The van der Waals surface area contributed by atoms with E-state index >= 15 is 0 Å². The minimum Gasteiger partial charge on any atom is -0.493 e. The summed E-state index contributed by atoms with van der Waals surface area (Å²) < 4.78 is 21.6. The van der Waals surface area contributed by atoms with E-state index < -0.39 is 0 Å². The minimum absolute atomic E-state index is 0. The molecule has 0 fully saturated rings. The number of guanidine groups is 1. The highest BCUT2D eigenvalue weighted by Gasteiger charge is 2.05. The van der Waals surface area contributed by atoms with E-state index in [0.717, 1.165) is 48.1 Å². The van der Waals surface area contributed by atoms with Gasteiger partial charge in [-0.05, 0) is 49.1 Å². The first-order valence-corrected chi connectivity index (χ1v) is 11.2. The third-order valence-electron chi connectivity index (χ3n) is 4.75. The molecule has 0 saturated heterocycles. The first-order valence-electron chi connectivity index (χ1n) is 11.2. The van der Waals surface area contributed by atoms with Crippen LogP contribution in [-0.2, 0) is 29.0 Å². The van der Waals surface area contributed by atoms with Crippen molar-refractivity contribution in [2.45, 2.75) is 33.4 Å². The molecule has 2 aromatic carbocycles. The molecule has 2 aromatic rings. The largest absolute Gasteiger partial charge is 0.493 e. The number of hydrogen-bond donors (Lipinski definition) is 2. The maximum absolute atomic E-state index is 5.66. The Kier molecular flexibility index (Phi) is 15.3. The number of methoxy groups -OCH3 is 2. The maximum atomic E-state index is 5.66. The molecule has 0 amide bonds. The van der Waals surface area contributed by atoms with Crippen LogP contribution in [0.25, 0.3) is 0 Å². The van der Waals surface area contributed by atoms with Crippen LogP contribution in [0.3, 0.4) is 0 Å². The fourth-order valence-corrected chi connectivity index (χ4v) is 3.14. The first kappa shape index (κ1) is 29.0. The van der Waals surface area contributed by atoms with Crippen LogP contribution in [0.15, 0.2) is 47.5 Å². The quantitative estimate of drug-likeness (QED) is 0.154. The van der Waals surface area contributed by atoms with E-state index in [-0.39, 0.29) is 24.0 Å². The molecule has 33 heavy (non-hydrogen) atoms. The Balaban J connectivity index is 0.00000544. The second-order valence-corrected chi connectivity index (χ2v) is 7.13. The van der Waals surface area contributed by atoms with Gasteiger partial charge in [0.05, 0.1) is 40.6 Å². The lowest BCUT2D eigenvalue weighted by Gasteiger charge is -2.13. The fourth-order valence-electron chi connectivity index (χ4n) is 3.14. The summed E-state index contributed by atoms with van der Waals surface area (Å²) in [6.45, 7) is 8.72. The molecule has 0 atom stereocenters. The number of nitrogens with one attached hydrogen (secondary N) is 2. The molecule has 0 radical (unpaired) electrons. The van der Waals surface area contributed by atoms with Gasteiger partial charge in [-0.1, -0.05) is 30.3 Å². The van der Waals surface area contributed by atoms with Crippen LogP contribution in [0.1, 0.15) is 30.5 Å². The van der Waals surface area contributed by atoms with Gasteiger partial charge in [0, 0.05) is 19.7 Å². The summed E-state index contributed by atoms with van der Waals surface area (Å²) in [5, 5.41) is 6.71. The van der Waals surface area contributed by atoms with E-state index in [1.807, 2.05) is 25.1 Å². The lowest BCUT2D eigenvalue weighted by Crippen LogP contribution is -2.38. The predicted octanol–water partition coefficient (Wildman–Crippen LogP) is 4.17. The molecule has 0 aliphatic heterocycles. The maximum Gasteiger partial charge on any atom is 0.191 e. The zero-order valence-corrected chi connectivity index (χ0v) is 22.5. The van der Waals surface area contributed by atoms with E-state index in [4.69, 9.17) is 23.9 Å². The molecule has 0 aliphatic rings. The second-order valence-electron chi connectivity index (χ2n) is 7.13. The number of rotatable bonds is 14. The van der Waals surface area contributed by atoms with Crippen molar-refractivity contribution in [3.8, 4) is 11.5 Å². The Morgan fingerprint density at radius 3 is 2.33 bits per heavy atom. The molecule has 0 aliphatic carbocycles. The van der Waals surface area contributed by atoms with Crippen molar-refractivity contribution in [2.24, 2.45) is 4.99 Å². The third kappa shape index (κ3) is 11.1. The number of benzene rings is 2. The van der Waals surface area contributed by atoms with E-state index in [9.17, 15) is 0 Å². The molecule has 8 heteroatoms. The van der Waals surface area contributed by atoms with Crippen LogP contribution in [0.2, 0.25) is 0 Å². The summed E-state index contributed by atoms with van der Waals surface area (Å²) >= 11 is 0. The van der Waals surface area contributed by atoms with E-state index in [1.54, 1.807) is 14.2 Å². The van der Waals surface area contributed by atoms with Crippen LogP contribution < -0.4 is 20.1 Å². The summed E-state index contributed by atoms with van der Waals surface area (Å²) in [4.78, 5) is 4.73. The average Bonchev–Trinajstić information content (AvgIpc) is 2.82. The monoisotopic (exact) mass is 571 g/mol. The van der Waals surface area contributed by atoms with Gasteiger partial charge in [-0.2, -0.15) is 0 Å². The van der Waals surface area contributed by atoms with Crippen molar-refractivity contribution in [3.63, 3.8) is 0 Å². The summed E-state index contributed by atoms with van der Waals surface area (Å²) in [5.74, 6) is 2.28. The van der Waals surface area contributed by atoms with Gasteiger partial charge in [0.15, 0.2) is 17.5 Å². The van der Waals surface area contributed by atoms with Crippen LogP contribution in [0.5, 0.6) is 11.5 Å². The lowest BCUT2D eigenvalue weighted by atomic mass is 10.1. The second kappa shape index (κ2) is 17.4. The number of ether oxygens (including phenoxy) is 4. The Bertz CT molecular complexity index is 833. The number of hydrogen-bond acceptors (Lipinski definition) is 5. The molecule has 0 heterocycles. The Morgan fingerprint density at radius 2 is 1.61 bits per heavy atom. The van der Waals surface area contributed by atoms with Gasteiger partial charge < -0.3 is 29.6 Å². The molecule has 2 N–H and O–H groups in total. The molecule has 7 nitrogen and oxygen atoms in total. The minimum atomic E-state index is 0. The Hall–Kier alpha value is -2.04. The molecule has 0 bridgehead atoms. The van der Waals surface area contributed by atoms with Crippen molar-refractivity contribution in [1.29, 1.82) is 0 Å². The summed E-state index contributed by atoms with van der Waals surface area (Å²) in [7, 11) is 3.29. The van der Waals surface area contributed by atoms with Gasteiger partial charge in [0.25, 0.3) is 0 Å². The first-order chi connectivity index (χ1) is 15.7. The number of nitrogens with zero attached hydrogens (tertiary/aromatic N) is 1. The van der Waals surface area contributed by atoms with Crippen LogP contribution in [0, 0.1) is 0 Å². The summed E-state index contributed by atoms with van der Waals surface area (Å²) in [6, 6.07) is 14.3. The molecule has 0 unspecified atom stereocenters. The summed E-state index contributed by atoms with van der Waals surface area (Å²) in [5.41, 5.74) is 3.46. The van der Waals surface area contributed by atoms with Gasteiger partial charge in [-0.3, -0.25) is 0 Å². The van der Waals surface area contributed by atoms with Gasteiger partial charge in [-0.15, -0.1) is 24.0 Å². The van der Waals surface area contributed by atoms with Crippen LogP contribution >= 0.6 is 24.0 Å². The Labute approximate surface area is 215 Å². The third-order valence-corrected chi connectivity index (χ3v) is 4.75. The summed E-state index contributed by atoms with van der Waals surface area (Å²) in [6.07, 6.45) is 0.847. The van der Waals surface area contributed by atoms with E-state index in [2.05, 4.69) is 41.8 Å². The van der Waals surface area contributed by atoms with Gasteiger partial charge in [0.2, 0.25) is 0 Å². The van der Waals surface area contributed by atoms with Crippen molar-refractivity contribution < 1.29 is 18.9 Å². The van der Waals surface area contributed by atoms with Crippen molar-refractivity contribution >= 4 is 29.9 Å². The fraction of sp³-hybridized carbons (Fsp3) is 0.480. The topological polar surface area (TPSA) is 73.3 Å². The number of halogens is 1. The normalized spacial score (nSPS) is 11.0. The van der Waals surface area contributed by atoms with E-state index in [0.29, 0.717) is 33.0 Å². The van der Waals surface area contributed by atoms with Crippen molar-refractivity contribution in [1.82, 2.24) is 10.6 Å². The Morgan fingerprint density at radius 1 is 0.848 bits per heavy atom. The molecule has 0 spiro atoms. The average molecular weight is 572 g/mol. The highest BCUT2D eigenvalue weighted by molar-refractivity contribution is 14.0.